The van der Waals surface area contributed by atoms with Gasteiger partial charge in [-0.15, -0.1) is 21.5 Å². The molecule has 0 radical (unpaired) electrons. The van der Waals surface area contributed by atoms with Crippen LogP contribution in [0.15, 0.2) is 57.0 Å². The summed E-state index contributed by atoms with van der Waals surface area (Å²) in [6.07, 6.45) is 1.65. The number of methoxy groups -OCH3 is 1. The minimum atomic E-state index is -0.105. The van der Waals surface area contributed by atoms with E-state index >= 15 is 0 Å². The largest absolute Gasteiger partial charge is 0.497 e. The second-order valence-corrected chi connectivity index (χ2v) is 9.61. The molecule has 4 heterocycles. The molecule has 0 fully saturated rings. The van der Waals surface area contributed by atoms with E-state index in [0.29, 0.717) is 34.5 Å². The molecule has 8 nitrogen and oxygen atoms in total. The zero-order valence-corrected chi connectivity index (χ0v) is 19.9. The quantitative estimate of drug-likeness (QED) is 0.335. The van der Waals surface area contributed by atoms with Crippen LogP contribution in [0.1, 0.15) is 22.0 Å². The molecule has 0 saturated heterocycles. The number of aryl methyl sites for hydroxylation is 2. The van der Waals surface area contributed by atoms with Gasteiger partial charge in [0.2, 0.25) is 0 Å². The lowest BCUT2D eigenvalue weighted by molar-refractivity contribution is 0.415. The first-order valence-electron chi connectivity index (χ1n) is 10.2. The summed E-state index contributed by atoms with van der Waals surface area (Å²) < 4.78 is 12.9. The Morgan fingerprint density at radius 1 is 1.21 bits per heavy atom. The third-order valence-corrected chi connectivity index (χ3v) is 7.44. The monoisotopic (exact) mass is 479 g/mol. The standard InChI is InChI=1S/C23H21N5O3S2/c1-13-14(2)33-22-19(13)21(29)24-18(25-22)12-32-23-27-26-20(15-6-4-7-16(10-15)30-3)28(23)11-17-8-5-9-31-17/h4-10H,11-12H2,1-3H3,(H,24,25,29). The van der Waals surface area contributed by atoms with E-state index in [1.807, 2.05) is 54.8 Å². The zero-order valence-electron chi connectivity index (χ0n) is 18.3. The van der Waals surface area contributed by atoms with Crippen molar-refractivity contribution in [1.82, 2.24) is 24.7 Å². The van der Waals surface area contributed by atoms with Crippen molar-refractivity contribution >= 4 is 33.3 Å². The third kappa shape index (κ3) is 4.19. The molecule has 5 aromatic rings. The van der Waals surface area contributed by atoms with E-state index in [9.17, 15) is 4.79 Å². The molecule has 0 aliphatic carbocycles. The van der Waals surface area contributed by atoms with Crippen molar-refractivity contribution in [1.29, 1.82) is 0 Å². The first kappa shape index (κ1) is 21.5. The van der Waals surface area contributed by atoms with Crippen LogP contribution in [-0.2, 0) is 12.3 Å². The lowest BCUT2D eigenvalue weighted by Gasteiger charge is -2.09. The van der Waals surface area contributed by atoms with Crippen molar-refractivity contribution in [3.8, 4) is 17.1 Å². The lowest BCUT2D eigenvalue weighted by atomic mass is 10.2. The number of hydrogen-bond acceptors (Lipinski definition) is 8. The van der Waals surface area contributed by atoms with E-state index < -0.39 is 0 Å². The minimum absolute atomic E-state index is 0.105. The molecule has 0 bridgehead atoms. The summed E-state index contributed by atoms with van der Waals surface area (Å²) in [4.78, 5) is 22.1. The van der Waals surface area contributed by atoms with Crippen LogP contribution >= 0.6 is 23.1 Å². The van der Waals surface area contributed by atoms with E-state index in [1.165, 1.54) is 11.8 Å². The maximum absolute atomic E-state index is 12.6. The number of benzene rings is 1. The normalized spacial score (nSPS) is 11.4. The highest BCUT2D eigenvalue weighted by molar-refractivity contribution is 7.98. The van der Waals surface area contributed by atoms with Crippen LogP contribution in [0, 0.1) is 13.8 Å². The van der Waals surface area contributed by atoms with Crippen molar-refractivity contribution in [2.45, 2.75) is 31.3 Å². The van der Waals surface area contributed by atoms with Gasteiger partial charge in [0.05, 0.1) is 31.1 Å². The number of hydrogen-bond donors (Lipinski definition) is 1. The van der Waals surface area contributed by atoms with E-state index in [-0.39, 0.29) is 5.56 Å². The van der Waals surface area contributed by atoms with Gasteiger partial charge in [0.25, 0.3) is 5.56 Å². The number of aromatic amines is 1. The average Bonchev–Trinajstić information content (AvgIpc) is 3.53. The topological polar surface area (TPSA) is 98.8 Å². The van der Waals surface area contributed by atoms with Gasteiger partial charge in [-0.25, -0.2) is 4.98 Å². The Labute approximate surface area is 197 Å². The molecule has 1 N–H and O–H groups in total. The van der Waals surface area contributed by atoms with Crippen LogP contribution in [0.5, 0.6) is 5.75 Å². The Bertz CT molecular complexity index is 1480. The zero-order chi connectivity index (χ0) is 22.9. The predicted molar refractivity (Wildman–Crippen MR) is 129 cm³/mol. The van der Waals surface area contributed by atoms with Gasteiger partial charge in [0, 0.05) is 10.4 Å². The van der Waals surface area contributed by atoms with Gasteiger partial charge in [0.1, 0.15) is 22.2 Å². The van der Waals surface area contributed by atoms with E-state index in [0.717, 1.165) is 32.3 Å². The second kappa shape index (κ2) is 8.87. The fraction of sp³-hybridized carbons (Fsp3) is 0.217. The van der Waals surface area contributed by atoms with Crippen molar-refractivity contribution in [3.63, 3.8) is 0 Å². The second-order valence-electron chi connectivity index (χ2n) is 7.47. The molecular formula is C23H21N5O3S2. The van der Waals surface area contributed by atoms with Crippen LogP contribution in [0.4, 0.5) is 0 Å². The molecule has 0 saturated carbocycles. The summed E-state index contributed by atoms with van der Waals surface area (Å²) in [5.41, 5.74) is 1.77. The maximum Gasteiger partial charge on any atom is 0.259 e. The number of fused-ring (bicyclic) bond motifs is 1. The number of nitrogens with zero attached hydrogens (tertiary/aromatic N) is 4. The third-order valence-electron chi connectivity index (χ3n) is 5.36. The Morgan fingerprint density at radius 3 is 2.88 bits per heavy atom. The molecule has 1 aromatic carbocycles. The van der Waals surface area contributed by atoms with Crippen molar-refractivity contribution in [2.24, 2.45) is 0 Å². The molecule has 4 aromatic heterocycles. The van der Waals surface area contributed by atoms with Crippen LogP contribution in [-0.4, -0.2) is 31.8 Å². The van der Waals surface area contributed by atoms with Gasteiger partial charge < -0.3 is 14.1 Å². The molecule has 10 heteroatoms. The number of nitrogens with one attached hydrogen (secondary N) is 1. The molecule has 0 aliphatic rings. The molecular weight excluding hydrogens is 458 g/mol. The van der Waals surface area contributed by atoms with E-state index in [4.69, 9.17) is 9.15 Å². The summed E-state index contributed by atoms with van der Waals surface area (Å²) in [5.74, 6) is 3.29. The number of thiophene rings is 1. The number of rotatable bonds is 7. The number of aromatic nitrogens is 5. The molecule has 0 aliphatic heterocycles. The first-order chi connectivity index (χ1) is 16.0. The highest BCUT2D eigenvalue weighted by Crippen LogP contribution is 2.30. The number of furan rings is 1. The molecule has 0 unspecified atom stereocenters. The highest BCUT2D eigenvalue weighted by Gasteiger charge is 2.18. The fourth-order valence-electron chi connectivity index (χ4n) is 3.57. The van der Waals surface area contributed by atoms with Crippen molar-refractivity contribution < 1.29 is 9.15 Å². The minimum Gasteiger partial charge on any atom is -0.497 e. The average molecular weight is 480 g/mol. The number of thioether (sulfide) groups is 1. The molecule has 33 heavy (non-hydrogen) atoms. The summed E-state index contributed by atoms with van der Waals surface area (Å²) >= 11 is 3.01. The maximum atomic E-state index is 12.6. The van der Waals surface area contributed by atoms with E-state index in [2.05, 4.69) is 20.2 Å². The Balaban J connectivity index is 1.48. The molecule has 5 rings (SSSR count). The summed E-state index contributed by atoms with van der Waals surface area (Å²) in [6.45, 7) is 4.44. The summed E-state index contributed by atoms with van der Waals surface area (Å²) in [6, 6.07) is 11.5. The van der Waals surface area contributed by atoms with Gasteiger partial charge >= 0.3 is 0 Å². The van der Waals surface area contributed by atoms with Gasteiger partial charge in [-0.05, 0) is 43.7 Å². The van der Waals surface area contributed by atoms with Gasteiger partial charge in [-0.1, -0.05) is 23.9 Å². The molecule has 0 spiro atoms. The summed E-state index contributed by atoms with van der Waals surface area (Å²) in [7, 11) is 1.63. The Kier molecular flexibility index (Phi) is 5.77. The van der Waals surface area contributed by atoms with Crippen LogP contribution in [0.25, 0.3) is 21.6 Å². The number of ether oxygens (including phenoxy) is 1. The molecule has 0 amide bonds. The fourth-order valence-corrected chi connectivity index (χ4v) is 5.43. The first-order valence-corrected chi connectivity index (χ1v) is 12.1. The predicted octanol–water partition coefficient (Wildman–Crippen LogP) is 4.80. The number of H-pyrrole nitrogens is 1. The lowest BCUT2D eigenvalue weighted by Crippen LogP contribution is -2.11. The van der Waals surface area contributed by atoms with Crippen LogP contribution in [0.3, 0.4) is 0 Å². The van der Waals surface area contributed by atoms with Crippen LogP contribution in [0.2, 0.25) is 0 Å². The van der Waals surface area contributed by atoms with Crippen molar-refractivity contribution in [3.05, 3.63) is 75.0 Å². The smallest absolute Gasteiger partial charge is 0.259 e. The van der Waals surface area contributed by atoms with Gasteiger partial charge in [-0.2, -0.15) is 0 Å². The Hall–Kier alpha value is -3.37. The Morgan fingerprint density at radius 2 is 2.09 bits per heavy atom. The summed E-state index contributed by atoms with van der Waals surface area (Å²) in [5, 5.41) is 10.2. The van der Waals surface area contributed by atoms with Crippen molar-refractivity contribution in [2.75, 3.05) is 7.11 Å². The highest BCUT2D eigenvalue weighted by atomic mass is 32.2. The SMILES string of the molecule is COc1cccc(-c2nnc(SCc3nc4sc(C)c(C)c4c(=O)[nH]3)n2Cc2ccco2)c1. The van der Waals surface area contributed by atoms with Crippen LogP contribution < -0.4 is 10.3 Å². The van der Waals surface area contributed by atoms with Gasteiger partial charge in [-0.3, -0.25) is 9.36 Å². The van der Waals surface area contributed by atoms with E-state index in [1.54, 1.807) is 24.7 Å². The molecule has 168 valence electrons. The van der Waals surface area contributed by atoms with Gasteiger partial charge in [0.15, 0.2) is 11.0 Å². The molecule has 0 atom stereocenters.